The Bertz CT molecular complexity index is 687. The molecule has 23 heavy (non-hydrogen) atoms. The van der Waals surface area contributed by atoms with Gasteiger partial charge in [-0.15, -0.1) is 10.2 Å². The summed E-state index contributed by atoms with van der Waals surface area (Å²) in [5, 5.41) is 15.9. The lowest BCUT2D eigenvalue weighted by atomic mass is 9.86. The first-order valence-electron chi connectivity index (χ1n) is 7.95. The van der Waals surface area contributed by atoms with Gasteiger partial charge in [-0.3, -0.25) is 4.79 Å². The highest BCUT2D eigenvalue weighted by Crippen LogP contribution is 2.23. The van der Waals surface area contributed by atoms with Crippen LogP contribution in [0.2, 0.25) is 5.02 Å². The van der Waals surface area contributed by atoms with Gasteiger partial charge in [0.1, 0.15) is 6.54 Å². The molecule has 3 rings (SSSR count). The molecule has 1 aromatic heterocycles. The van der Waals surface area contributed by atoms with Crippen LogP contribution in [0.5, 0.6) is 0 Å². The fourth-order valence-corrected chi connectivity index (χ4v) is 3.16. The number of nitrogens with zero attached hydrogens (tertiary/aromatic N) is 4. The van der Waals surface area contributed by atoms with Gasteiger partial charge in [0, 0.05) is 16.6 Å². The summed E-state index contributed by atoms with van der Waals surface area (Å²) in [6.45, 7) is 2.27. The summed E-state index contributed by atoms with van der Waals surface area (Å²) in [5.74, 6) is 0.920. The molecule has 0 radical (unpaired) electrons. The van der Waals surface area contributed by atoms with E-state index in [-0.39, 0.29) is 18.5 Å². The number of rotatable bonds is 4. The highest BCUT2D eigenvalue weighted by Gasteiger charge is 2.23. The fourth-order valence-electron chi connectivity index (χ4n) is 2.96. The van der Waals surface area contributed by atoms with Gasteiger partial charge in [0.2, 0.25) is 11.7 Å². The van der Waals surface area contributed by atoms with Crippen LogP contribution in [0.15, 0.2) is 24.3 Å². The topological polar surface area (TPSA) is 72.7 Å². The van der Waals surface area contributed by atoms with E-state index in [1.165, 1.54) is 24.1 Å². The van der Waals surface area contributed by atoms with E-state index in [0.717, 1.165) is 12.0 Å². The number of halogens is 1. The van der Waals surface area contributed by atoms with E-state index in [1.807, 2.05) is 12.1 Å². The number of carbonyl (C=O) groups excluding carboxylic acids is 1. The van der Waals surface area contributed by atoms with Crippen LogP contribution in [0, 0.1) is 5.92 Å². The largest absolute Gasteiger partial charge is 0.351 e. The first kappa shape index (κ1) is 15.9. The van der Waals surface area contributed by atoms with E-state index in [1.54, 1.807) is 12.1 Å². The highest BCUT2D eigenvalue weighted by molar-refractivity contribution is 6.30. The molecule has 0 bridgehead atoms. The predicted octanol–water partition coefficient (Wildman–Crippen LogP) is 2.69. The minimum Gasteiger partial charge on any atom is -0.351 e. The molecule has 0 saturated heterocycles. The molecule has 2 aromatic rings. The number of hydrogen-bond donors (Lipinski definition) is 1. The smallest absolute Gasteiger partial charge is 0.243 e. The Kier molecular flexibility index (Phi) is 4.91. The van der Waals surface area contributed by atoms with Gasteiger partial charge < -0.3 is 5.32 Å². The zero-order chi connectivity index (χ0) is 16.2. The lowest BCUT2D eigenvalue weighted by Crippen LogP contribution is -2.42. The van der Waals surface area contributed by atoms with Crippen molar-refractivity contribution in [3.63, 3.8) is 0 Å². The summed E-state index contributed by atoms with van der Waals surface area (Å²) in [4.78, 5) is 13.5. The van der Waals surface area contributed by atoms with Crippen molar-refractivity contribution in [2.75, 3.05) is 0 Å². The minimum atomic E-state index is -0.0706. The van der Waals surface area contributed by atoms with Gasteiger partial charge in [-0.2, -0.15) is 4.80 Å². The number of benzene rings is 1. The number of nitrogens with one attached hydrogen (secondary N) is 1. The molecule has 1 aliphatic rings. The maximum atomic E-state index is 12.2. The van der Waals surface area contributed by atoms with Crippen LogP contribution in [0.25, 0.3) is 11.4 Å². The lowest BCUT2D eigenvalue weighted by molar-refractivity contribution is -0.123. The molecule has 1 N–H and O–H groups in total. The maximum Gasteiger partial charge on any atom is 0.243 e. The molecule has 122 valence electrons. The van der Waals surface area contributed by atoms with E-state index in [0.29, 0.717) is 16.8 Å². The summed E-state index contributed by atoms with van der Waals surface area (Å²) >= 11 is 5.96. The fraction of sp³-hybridized carbons (Fsp3) is 0.500. The zero-order valence-corrected chi connectivity index (χ0v) is 13.8. The first-order chi connectivity index (χ1) is 11.1. The summed E-state index contributed by atoms with van der Waals surface area (Å²) in [5.41, 5.74) is 0.782. The Hall–Kier alpha value is -1.95. The van der Waals surface area contributed by atoms with Crippen LogP contribution in [-0.2, 0) is 11.3 Å². The Morgan fingerprint density at radius 2 is 2.22 bits per heavy atom. The summed E-state index contributed by atoms with van der Waals surface area (Å²) < 4.78 is 0. The van der Waals surface area contributed by atoms with E-state index in [2.05, 4.69) is 27.7 Å². The van der Waals surface area contributed by atoms with Gasteiger partial charge in [-0.05, 0) is 36.1 Å². The Labute approximate surface area is 140 Å². The lowest BCUT2D eigenvalue weighted by Gasteiger charge is -2.29. The van der Waals surface area contributed by atoms with E-state index in [4.69, 9.17) is 11.6 Å². The predicted molar refractivity (Wildman–Crippen MR) is 87.8 cm³/mol. The molecule has 1 amide bonds. The van der Waals surface area contributed by atoms with Crippen molar-refractivity contribution in [1.82, 2.24) is 25.5 Å². The molecule has 1 fully saturated rings. The maximum absolute atomic E-state index is 12.2. The second-order valence-corrected chi connectivity index (χ2v) is 6.53. The quantitative estimate of drug-likeness (QED) is 0.933. The third kappa shape index (κ3) is 4.07. The molecule has 0 unspecified atom stereocenters. The monoisotopic (exact) mass is 333 g/mol. The van der Waals surface area contributed by atoms with E-state index in [9.17, 15) is 4.79 Å². The SMILES string of the molecule is C[C@@H]1CCCC[C@@H]1NC(=O)Cn1nnc(-c2cccc(Cl)c2)n1. The minimum absolute atomic E-state index is 0.0706. The average molecular weight is 334 g/mol. The number of hydrogen-bond acceptors (Lipinski definition) is 4. The standard InChI is InChI=1S/C16H20ClN5O/c1-11-5-2-3-8-14(11)18-15(23)10-22-20-16(19-21-22)12-6-4-7-13(17)9-12/h4,6-7,9,11,14H,2-3,5,8,10H2,1H3,(H,18,23)/t11-,14+/m1/s1. The van der Waals surface area contributed by atoms with Crippen LogP contribution in [0.3, 0.4) is 0 Å². The second-order valence-electron chi connectivity index (χ2n) is 6.09. The van der Waals surface area contributed by atoms with Crippen molar-refractivity contribution in [2.45, 2.75) is 45.2 Å². The highest BCUT2D eigenvalue weighted by atomic mass is 35.5. The van der Waals surface area contributed by atoms with Crippen molar-refractivity contribution < 1.29 is 4.79 Å². The zero-order valence-electron chi connectivity index (χ0n) is 13.1. The molecule has 0 aliphatic heterocycles. The van der Waals surface area contributed by atoms with Crippen molar-refractivity contribution in [3.8, 4) is 11.4 Å². The second kappa shape index (κ2) is 7.08. The van der Waals surface area contributed by atoms with Gasteiger partial charge in [0.05, 0.1) is 0 Å². The molecule has 1 saturated carbocycles. The van der Waals surface area contributed by atoms with Crippen LogP contribution in [-0.4, -0.2) is 32.2 Å². The van der Waals surface area contributed by atoms with Crippen molar-refractivity contribution in [3.05, 3.63) is 29.3 Å². The number of carbonyl (C=O) groups is 1. The van der Waals surface area contributed by atoms with Crippen LogP contribution in [0.1, 0.15) is 32.6 Å². The van der Waals surface area contributed by atoms with Crippen molar-refractivity contribution in [1.29, 1.82) is 0 Å². The van der Waals surface area contributed by atoms with Crippen molar-refractivity contribution in [2.24, 2.45) is 5.92 Å². The molecular formula is C16H20ClN5O. The molecule has 7 heteroatoms. The Morgan fingerprint density at radius 3 is 3.00 bits per heavy atom. The molecule has 1 aromatic carbocycles. The average Bonchev–Trinajstić information content (AvgIpc) is 2.98. The summed E-state index contributed by atoms with van der Waals surface area (Å²) in [7, 11) is 0. The third-order valence-corrected chi connectivity index (χ3v) is 4.51. The van der Waals surface area contributed by atoms with Gasteiger partial charge in [0.25, 0.3) is 0 Å². The van der Waals surface area contributed by atoms with E-state index < -0.39 is 0 Å². The Morgan fingerprint density at radius 1 is 1.39 bits per heavy atom. The Balaban J connectivity index is 1.61. The summed E-state index contributed by atoms with van der Waals surface area (Å²) in [6, 6.07) is 7.50. The normalized spacial score (nSPS) is 21.1. The van der Waals surface area contributed by atoms with Crippen LogP contribution < -0.4 is 5.32 Å². The van der Waals surface area contributed by atoms with Gasteiger partial charge in [-0.1, -0.05) is 43.5 Å². The van der Waals surface area contributed by atoms with Crippen LogP contribution >= 0.6 is 11.6 Å². The summed E-state index contributed by atoms with van der Waals surface area (Å²) in [6.07, 6.45) is 4.65. The van der Waals surface area contributed by atoms with Gasteiger partial charge in [-0.25, -0.2) is 0 Å². The number of tetrazole rings is 1. The first-order valence-corrected chi connectivity index (χ1v) is 8.33. The number of amides is 1. The molecule has 1 heterocycles. The molecule has 1 aliphatic carbocycles. The van der Waals surface area contributed by atoms with E-state index >= 15 is 0 Å². The third-order valence-electron chi connectivity index (χ3n) is 4.28. The molecule has 0 spiro atoms. The van der Waals surface area contributed by atoms with Crippen LogP contribution in [0.4, 0.5) is 0 Å². The molecular weight excluding hydrogens is 314 g/mol. The molecule has 2 atom stereocenters. The van der Waals surface area contributed by atoms with Gasteiger partial charge >= 0.3 is 0 Å². The molecule has 6 nitrogen and oxygen atoms in total. The number of aromatic nitrogens is 4. The van der Waals surface area contributed by atoms with Gasteiger partial charge in [0.15, 0.2) is 0 Å². The van der Waals surface area contributed by atoms with Crippen molar-refractivity contribution >= 4 is 17.5 Å².